The van der Waals surface area contributed by atoms with Crippen molar-refractivity contribution < 1.29 is 9.13 Å². The zero-order valence-electron chi connectivity index (χ0n) is 11.0. The van der Waals surface area contributed by atoms with Gasteiger partial charge in [0.05, 0.1) is 18.5 Å². The van der Waals surface area contributed by atoms with E-state index in [2.05, 4.69) is 11.0 Å². The van der Waals surface area contributed by atoms with Crippen LogP contribution in [0.4, 0.5) is 4.39 Å². The predicted molar refractivity (Wildman–Crippen MR) is 71.3 cm³/mol. The molecule has 0 bridgehead atoms. The molecule has 0 N–H and O–H groups in total. The van der Waals surface area contributed by atoms with Crippen molar-refractivity contribution in [2.24, 2.45) is 0 Å². The lowest BCUT2D eigenvalue weighted by molar-refractivity contribution is 0.116. The number of hydrogen-bond donors (Lipinski definition) is 0. The van der Waals surface area contributed by atoms with E-state index in [1.54, 1.807) is 12.1 Å². The number of nitriles is 1. The smallest absolute Gasteiger partial charge is 0.126 e. The van der Waals surface area contributed by atoms with Crippen molar-refractivity contribution in [3.05, 3.63) is 30.1 Å². The van der Waals surface area contributed by atoms with E-state index in [9.17, 15) is 4.39 Å². The maximum Gasteiger partial charge on any atom is 0.126 e. The number of benzene rings is 1. The van der Waals surface area contributed by atoms with Crippen LogP contribution in [-0.4, -0.2) is 30.6 Å². The molecule has 2 rings (SSSR count). The summed E-state index contributed by atoms with van der Waals surface area (Å²) in [5, 5.41) is 8.92. The van der Waals surface area contributed by atoms with Gasteiger partial charge in [0.25, 0.3) is 0 Å². The number of nitrogens with zero attached hydrogens (tertiary/aromatic N) is 2. The van der Waals surface area contributed by atoms with Gasteiger partial charge in [-0.2, -0.15) is 5.26 Å². The molecule has 1 unspecified atom stereocenters. The first-order valence-electron chi connectivity index (χ1n) is 6.79. The second-order valence-corrected chi connectivity index (χ2v) is 4.88. The molecule has 4 heteroatoms. The second kappa shape index (κ2) is 7.10. The summed E-state index contributed by atoms with van der Waals surface area (Å²) in [5.41, 5.74) is 0. The standard InChI is InChI=1S/C15H19FN2O/c16-13-5-4-6-15(11-13)19-12-14(7-8-17)18-9-2-1-3-10-18/h4-6,11,14H,1-3,7,9-10,12H2. The Labute approximate surface area is 113 Å². The monoisotopic (exact) mass is 262 g/mol. The highest BCUT2D eigenvalue weighted by Crippen LogP contribution is 2.17. The molecule has 102 valence electrons. The van der Waals surface area contributed by atoms with Gasteiger partial charge in [-0.1, -0.05) is 12.5 Å². The Morgan fingerprint density at radius 3 is 2.79 bits per heavy atom. The Morgan fingerprint density at radius 1 is 1.32 bits per heavy atom. The number of likely N-dealkylation sites (tertiary alicyclic amines) is 1. The average Bonchev–Trinajstić information content (AvgIpc) is 2.44. The molecule has 1 saturated heterocycles. The van der Waals surface area contributed by atoms with Crippen molar-refractivity contribution in [2.45, 2.75) is 31.7 Å². The van der Waals surface area contributed by atoms with Gasteiger partial charge in [0.1, 0.15) is 18.2 Å². The molecule has 0 radical (unpaired) electrons. The van der Waals surface area contributed by atoms with Crippen molar-refractivity contribution in [1.82, 2.24) is 4.90 Å². The summed E-state index contributed by atoms with van der Waals surface area (Å²) in [4.78, 5) is 2.31. The quantitative estimate of drug-likeness (QED) is 0.818. The summed E-state index contributed by atoms with van der Waals surface area (Å²) in [5.74, 6) is 0.229. The molecule has 1 aromatic carbocycles. The van der Waals surface area contributed by atoms with Crippen LogP contribution in [0.5, 0.6) is 5.75 Å². The van der Waals surface area contributed by atoms with Crippen LogP contribution >= 0.6 is 0 Å². The van der Waals surface area contributed by atoms with E-state index in [0.717, 1.165) is 13.1 Å². The highest BCUT2D eigenvalue weighted by Gasteiger charge is 2.21. The minimum absolute atomic E-state index is 0.105. The third kappa shape index (κ3) is 4.22. The van der Waals surface area contributed by atoms with Crippen LogP contribution in [0.25, 0.3) is 0 Å². The van der Waals surface area contributed by atoms with E-state index < -0.39 is 0 Å². The first-order valence-corrected chi connectivity index (χ1v) is 6.79. The van der Waals surface area contributed by atoms with Crippen LogP contribution in [0.3, 0.4) is 0 Å². The maximum atomic E-state index is 13.1. The normalized spacial score (nSPS) is 17.7. The second-order valence-electron chi connectivity index (χ2n) is 4.88. The number of ether oxygens (including phenoxy) is 1. The topological polar surface area (TPSA) is 36.3 Å². The molecule has 3 nitrogen and oxygen atoms in total. The predicted octanol–water partition coefficient (Wildman–Crippen LogP) is 2.97. The van der Waals surface area contributed by atoms with Crippen LogP contribution in [0.15, 0.2) is 24.3 Å². The number of rotatable bonds is 5. The minimum Gasteiger partial charge on any atom is -0.492 e. The third-order valence-electron chi connectivity index (χ3n) is 3.47. The maximum absolute atomic E-state index is 13.1. The van der Waals surface area contributed by atoms with Gasteiger partial charge in [-0.15, -0.1) is 0 Å². The van der Waals surface area contributed by atoms with E-state index in [0.29, 0.717) is 18.8 Å². The molecular formula is C15H19FN2O. The number of halogens is 1. The molecule has 1 aliphatic heterocycles. The van der Waals surface area contributed by atoms with Gasteiger partial charge in [0.2, 0.25) is 0 Å². The zero-order chi connectivity index (χ0) is 13.5. The molecule has 1 aromatic rings. The fourth-order valence-corrected chi connectivity index (χ4v) is 2.43. The fourth-order valence-electron chi connectivity index (χ4n) is 2.43. The van der Waals surface area contributed by atoms with Crippen molar-refractivity contribution in [3.63, 3.8) is 0 Å². The van der Waals surface area contributed by atoms with Gasteiger partial charge in [-0.25, -0.2) is 4.39 Å². The Morgan fingerprint density at radius 2 is 2.11 bits per heavy atom. The molecule has 1 fully saturated rings. The molecule has 1 aliphatic rings. The summed E-state index contributed by atoms with van der Waals surface area (Å²) < 4.78 is 18.7. The number of piperidine rings is 1. The Hall–Kier alpha value is -1.60. The van der Waals surface area contributed by atoms with Gasteiger partial charge in [-0.05, 0) is 38.1 Å². The van der Waals surface area contributed by atoms with E-state index >= 15 is 0 Å². The molecule has 1 atom stereocenters. The zero-order valence-corrected chi connectivity index (χ0v) is 11.0. The SMILES string of the molecule is N#CCC(COc1cccc(F)c1)N1CCCCC1. The minimum atomic E-state index is -0.299. The van der Waals surface area contributed by atoms with Crippen LogP contribution in [0.1, 0.15) is 25.7 Å². The van der Waals surface area contributed by atoms with Crippen molar-refractivity contribution in [3.8, 4) is 11.8 Å². The van der Waals surface area contributed by atoms with Gasteiger partial charge in [0, 0.05) is 6.07 Å². The molecule has 0 aromatic heterocycles. The van der Waals surface area contributed by atoms with Crippen LogP contribution < -0.4 is 4.74 Å². The first kappa shape index (κ1) is 13.8. The fraction of sp³-hybridized carbons (Fsp3) is 0.533. The molecule has 0 aliphatic carbocycles. The molecule has 19 heavy (non-hydrogen) atoms. The summed E-state index contributed by atoms with van der Waals surface area (Å²) in [6.45, 7) is 2.49. The first-order chi connectivity index (χ1) is 9.29. The molecular weight excluding hydrogens is 243 g/mol. The van der Waals surface area contributed by atoms with Gasteiger partial charge < -0.3 is 4.74 Å². The Balaban J connectivity index is 1.91. The molecule has 0 saturated carbocycles. The molecule has 1 heterocycles. The van der Waals surface area contributed by atoms with Crippen LogP contribution in [0, 0.1) is 17.1 Å². The highest BCUT2D eigenvalue weighted by atomic mass is 19.1. The molecule has 0 spiro atoms. The lowest BCUT2D eigenvalue weighted by Gasteiger charge is -2.33. The summed E-state index contributed by atoms with van der Waals surface area (Å²) >= 11 is 0. The summed E-state index contributed by atoms with van der Waals surface area (Å²) in [7, 11) is 0. The number of hydrogen-bond acceptors (Lipinski definition) is 3. The van der Waals surface area contributed by atoms with E-state index in [1.807, 2.05) is 0 Å². The van der Waals surface area contributed by atoms with E-state index in [4.69, 9.17) is 10.00 Å². The largest absolute Gasteiger partial charge is 0.492 e. The molecule has 0 amide bonds. The van der Waals surface area contributed by atoms with Crippen molar-refractivity contribution in [1.29, 1.82) is 5.26 Å². The third-order valence-corrected chi connectivity index (χ3v) is 3.47. The van der Waals surface area contributed by atoms with E-state index in [1.165, 1.54) is 31.4 Å². The summed E-state index contributed by atoms with van der Waals surface area (Å²) in [6, 6.07) is 8.46. The van der Waals surface area contributed by atoms with Crippen LogP contribution in [-0.2, 0) is 0 Å². The van der Waals surface area contributed by atoms with E-state index in [-0.39, 0.29) is 11.9 Å². The lowest BCUT2D eigenvalue weighted by atomic mass is 10.1. The van der Waals surface area contributed by atoms with Crippen LogP contribution in [0.2, 0.25) is 0 Å². The highest BCUT2D eigenvalue weighted by molar-refractivity contribution is 5.22. The Bertz CT molecular complexity index is 438. The van der Waals surface area contributed by atoms with Crippen molar-refractivity contribution in [2.75, 3.05) is 19.7 Å². The summed E-state index contributed by atoms with van der Waals surface area (Å²) in [6.07, 6.45) is 4.08. The average molecular weight is 262 g/mol. The van der Waals surface area contributed by atoms with Gasteiger partial charge in [0.15, 0.2) is 0 Å². The Kier molecular flexibility index (Phi) is 5.17. The lowest BCUT2D eigenvalue weighted by Crippen LogP contribution is -2.42. The van der Waals surface area contributed by atoms with Gasteiger partial charge >= 0.3 is 0 Å². The van der Waals surface area contributed by atoms with Gasteiger partial charge in [-0.3, -0.25) is 4.90 Å². The van der Waals surface area contributed by atoms with Crippen molar-refractivity contribution >= 4 is 0 Å².